The fourth-order valence-corrected chi connectivity index (χ4v) is 2.64. The summed E-state index contributed by atoms with van der Waals surface area (Å²) in [5, 5.41) is 3.48. The van der Waals surface area contributed by atoms with E-state index in [4.69, 9.17) is 5.73 Å². The Labute approximate surface area is 99.2 Å². The third-order valence-electron chi connectivity index (χ3n) is 3.71. The fourth-order valence-electron chi connectivity index (χ4n) is 2.64. The molecule has 0 bridgehead atoms. The van der Waals surface area contributed by atoms with Crippen LogP contribution in [0.3, 0.4) is 0 Å². The molecule has 1 amide bonds. The molecule has 0 radical (unpaired) electrons. The second kappa shape index (κ2) is 6.89. The van der Waals surface area contributed by atoms with Gasteiger partial charge in [-0.2, -0.15) is 0 Å². The minimum atomic E-state index is -0.174. The van der Waals surface area contributed by atoms with Crippen LogP contribution in [-0.2, 0) is 4.79 Å². The highest BCUT2D eigenvalue weighted by Crippen LogP contribution is 2.31. The van der Waals surface area contributed by atoms with Gasteiger partial charge in [0.2, 0.25) is 5.91 Å². The van der Waals surface area contributed by atoms with Gasteiger partial charge in [-0.25, -0.2) is 0 Å². The molecule has 1 unspecified atom stereocenters. The van der Waals surface area contributed by atoms with Gasteiger partial charge in [0.15, 0.2) is 0 Å². The first-order valence-corrected chi connectivity index (χ1v) is 6.65. The largest absolute Gasteiger partial charge is 0.370 e. The number of carbonyl (C=O) groups is 1. The number of carbonyl (C=O) groups excluding carboxylic acids is 1. The van der Waals surface area contributed by atoms with Gasteiger partial charge in [-0.1, -0.05) is 26.7 Å². The van der Waals surface area contributed by atoms with E-state index in [0.29, 0.717) is 18.4 Å². The summed E-state index contributed by atoms with van der Waals surface area (Å²) < 4.78 is 0. The van der Waals surface area contributed by atoms with Crippen LogP contribution in [0.1, 0.15) is 52.4 Å². The molecule has 0 aromatic heterocycles. The normalized spacial score (nSPS) is 27.6. The number of amides is 1. The molecule has 3 heteroatoms. The first-order chi connectivity index (χ1) is 7.63. The molecule has 0 saturated heterocycles. The maximum Gasteiger partial charge on any atom is 0.218 e. The molecule has 3 nitrogen and oxygen atoms in total. The van der Waals surface area contributed by atoms with Crippen LogP contribution in [0.15, 0.2) is 0 Å². The zero-order chi connectivity index (χ0) is 12.0. The van der Waals surface area contributed by atoms with Crippen molar-refractivity contribution in [1.82, 2.24) is 5.32 Å². The summed E-state index contributed by atoms with van der Waals surface area (Å²) in [6, 6.07) is 0.310. The number of hydrogen-bond acceptors (Lipinski definition) is 2. The highest BCUT2D eigenvalue weighted by molar-refractivity contribution is 5.74. The average molecular weight is 226 g/mol. The monoisotopic (exact) mass is 226 g/mol. The lowest BCUT2D eigenvalue weighted by molar-refractivity contribution is -0.118. The molecule has 1 aliphatic carbocycles. The van der Waals surface area contributed by atoms with Crippen LogP contribution < -0.4 is 11.1 Å². The minimum Gasteiger partial charge on any atom is -0.370 e. The Balaban J connectivity index is 2.43. The Hall–Kier alpha value is -0.570. The lowest BCUT2D eigenvalue weighted by atomic mass is 9.78. The Morgan fingerprint density at radius 2 is 2.00 bits per heavy atom. The summed E-state index contributed by atoms with van der Waals surface area (Å²) >= 11 is 0. The first-order valence-electron chi connectivity index (χ1n) is 6.65. The molecule has 1 atom stereocenters. The SMILES string of the molecule is CCCNC(CC(N)=O)C1CCC(C)CC1. The van der Waals surface area contributed by atoms with E-state index in [-0.39, 0.29) is 5.91 Å². The third kappa shape index (κ3) is 4.52. The van der Waals surface area contributed by atoms with E-state index in [2.05, 4.69) is 19.2 Å². The van der Waals surface area contributed by atoms with E-state index < -0.39 is 0 Å². The van der Waals surface area contributed by atoms with Gasteiger partial charge in [-0.05, 0) is 37.6 Å². The summed E-state index contributed by atoms with van der Waals surface area (Å²) in [5.41, 5.74) is 5.32. The highest BCUT2D eigenvalue weighted by atomic mass is 16.1. The second-order valence-electron chi connectivity index (χ2n) is 5.25. The maximum absolute atomic E-state index is 11.1. The number of primary amides is 1. The van der Waals surface area contributed by atoms with E-state index in [1.807, 2.05) is 0 Å². The number of nitrogens with two attached hydrogens (primary N) is 1. The van der Waals surface area contributed by atoms with Crippen molar-refractivity contribution in [1.29, 1.82) is 0 Å². The molecule has 0 heterocycles. The summed E-state index contributed by atoms with van der Waals surface area (Å²) in [6.45, 7) is 5.46. The summed E-state index contributed by atoms with van der Waals surface area (Å²) in [7, 11) is 0. The highest BCUT2D eigenvalue weighted by Gasteiger charge is 2.26. The molecule has 0 aliphatic heterocycles. The van der Waals surface area contributed by atoms with Gasteiger partial charge in [0.1, 0.15) is 0 Å². The van der Waals surface area contributed by atoms with Crippen LogP contribution in [0.4, 0.5) is 0 Å². The predicted octanol–water partition coefficient (Wildman–Crippen LogP) is 2.06. The second-order valence-corrected chi connectivity index (χ2v) is 5.25. The Morgan fingerprint density at radius 1 is 1.38 bits per heavy atom. The number of rotatable bonds is 6. The van der Waals surface area contributed by atoms with Crippen molar-refractivity contribution in [2.45, 2.75) is 58.4 Å². The van der Waals surface area contributed by atoms with Crippen LogP contribution in [-0.4, -0.2) is 18.5 Å². The van der Waals surface area contributed by atoms with Gasteiger partial charge in [0.25, 0.3) is 0 Å². The Kier molecular flexibility index (Phi) is 5.81. The van der Waals surface area contributed by atoms with Gasteiger partial charge in [0, 0.05) is 12.5 Å². The van der Waals surface area contributed by atoms with Crippen molar-refractivity contribution in [2.75, 3.05) is 6.54 Å². The van der Waals surface area contributed by atoms with Crippen molar-refractivity contribution >= 4 is 5.91 Å². The van der Waals surface area contributed by atoms with Gasteiger partial charge < -0.3 is 11.1 Å². The summed E-state index contributed by atoms with van der Waals surface area (Å²) in [4.78, 5) is 11.1. The maximum atomic E-state index is 11.1. The molecule has 16 heavy (non-hydrogen) atoms. The van der Waals surface area contributed by atoms with Gasteiger partial charge in [-0.15, -0.1) is 0 Å². The summed E-state index contributed by atoms with van der Waals surface area (Å²) in [5.74, 6) is 1.33. The molecule has 0 spiro atoms. The third-order valence-corrected chi connectivity index (χ3v) is 3.71. The zero-order valence-electron chi connectivity index (χ0n) is 10.7. The Bertz CT molecular complexity index is 210. The van der Waals surface area contributed by atoms with Gasteiger partial charge >= 0.3 is 0 Å². The van der Waals surface area contributed by atoms with Crippen LogP contribution in [0.25, 0.3) is 0 Å². The van der Waals surface area contributed by atoms with E-state index in [1.165, 1.54) is 25.7 Å². The van der Waals surface area contributed by atoms with Crippen LogP contribution >= 0.6 is 0 Å². The zero-order valence-corrected chi connectivity index (χ0v) is 10.7. The molecule has 94 valence electrons. The van der Waals surface area contributed by atoms with Gasteiger partial charge in [0.05, 0.1) is 0 Å². The van der Waals surface area contributed by atoms with E-state index in [9.17, 15) is 4.79 Å². The average Bonchev–Trinajstić information content (AvgIpc) is 2.25. The smallest absolute Gasteiger partial charge is 0.218 e. The van der Waals surface area contributed by atoms with Crippen LogP contribution in [0, 0.1) is 11.8 Å². The van der Waals surface area contributed by atoms with Crippen molar-refractivity contribution in [3.8, 4) is 0 Å². The molecule has 1 aliphatic rings. The van der Waals surface area contributed by atoms with E-state index >= 15 is 0 Å². The Morgan fingerprint density at radius 3 is 2.50 bits per heavy atom. The summed E-state index contributed by atoms with van der Waals surface area (Å²) in [6.07, 6.45) is 6.70. The van der Waals surface area contributed by atoms with Crippen LogP contribution in [0.5, 0.6) is 0 Å². The molecule has 0 aromatic rings. The molecule has 3 N–H and O–H groups in total. The van der Waals surface area contributed by atoms with Crippen molar-refractivity contribution in [2.24, 2.45) is 17.6 Å². The number of hydrogen-bond donors (Lipinski definition) is 2. The lowest BCUT2D eigenvalue weighted by Crippen LogP contribution is -2.41. The first kappa shape index (κ1) is 13.5. The molecule has 1 fully saturated rings. The van der Waals surface area contributed by atoms with E-state index in [1.54, 1.807) is 0 Å². The lowest BCUT2D eigenvalue weighted by Gasteiger charge is -2.32. The molecular formula is C13H26N2O. The molecule has 0 aromatic carbocycles. The van der Waals surface area contributed by atoms with Crippen molar-refractivity contribution in [3.63, 3.8) is 0 Å². The molecular weight excluding hydrogens is 200 g/mol. The molecule has 1 saturated carbocycles. The van der Waals surface area contributed by atoms with Crippen molar-refractivity contribution < 1.29 is 4.79 Å². The van der Waals surface area contributed by atoms with Crippen LogP contribution in [0.2, 0.25) is 0 Å². The topological polar surface area (TPSA) is 55.1 Å². The molecule has 1 rings (SSSR count). The van der Waals surface area contributed by atoms with Crippen molar-refractivity contribution in [3.05, 3.63) is 0 Å². The van der Waals surface area contributed by atoms with Gasteiger partial charge in [-0.3, -0.25) is 4.79 Å². The quantitative estimate of drug-likeness (QED) is 0.728. The standard InChI is InChI=1S/C13H26N2O/c1-3-8-15-12(9-13(14)16)11-6-4-10(2)5-7-11/h10-12,15H,3-9H2,1-2H3,(H2,14,16). The minimum absolute atomic E-state index is 0.174. The van der Waals surface area contributed by atoms with E-state index in [0.717, 1.165) is 18.9 Å². The fraction of sp³-hybridized carbons (Fsp3) is 0.923. The number of nitrogens with one attached hydrogen (secondary N) is 1. The predicted molar refractivity (Wildman–Crippen MR) is 67.0 cm³/mol.